The molecule has 1 unspecified atom stereocenters. The van der Waals surface area contributed by atoms with E-state index < -0.39 is 0 Å². The van der Waals surface area contributed by atoms with Gasteiger partial charge >= 0.3 is 6.03 Å². The van der Waals surface area contributed by atoms with Crippen molar-refractivity contribution < 1.29 is 4.79 Å². The highest BCUT2D eigenvalue weighted by Crippen LogP contribution is 2.23. The maximum Gasteiger partial charge on any atom is 0.322 e. The third-order valence-corrected chi connectivity index (χ3v) is 4.95. The smallest absolute Gasteiger partial charge is 0.317 e. The number of nitrogens with zero attached hydrogens (tertiary/aromatic N) is 3. The molecule has 3 aromatic rings. The Kier molecular flexibility index (Phi) is 5.78. The number of para-hydroxylation sites is 1. The summed E-state index contributed by atoms with van der Waals surface area (Å²) in [5, 5.41) is 3.52. The molecule has 0 saturated carbocycles. The van der Waals surface area contributed by atoms with E-state index in [1.54, 1.807) is 22.6 Å². The lowest BCUT2D eigenvalue weighted by Crippen LogP contribution is -2.38. The van der Waals surface area contributed by atoms with Crippen molar-refractivity contribution in [2.24, 2.45) is 0 Å². The highest BCUT2D eigenvalue weighted by Gasteiger charge is 2.25. The second kappa shape index (κ2) is 8.25. The maximum absolute atomic E-state index is 12.9. The molecule has 0 fully saturated rings. The summed E-state index contributed by atoms with van der Waals surface area (Å²) in [6.45, 7) is 6.38. The minimum absolute atomic E-state index is 0.0750. The molecule has 1 N–H and O–H groups in total. The first-order valence-electron chi connectivity index (χ1n) is 9.56. The summed E-state index contributed by atoms with van der Waals surface area (Å²) in [5.74, 6) is 0.607. The lowest BCUT2D eigenvalue weighted by molar-refractivity contribution is 0.198. The highest BCUT2D eigenvalue weighted by molar-refractivity contribution is 5.89. The van der Waals surface area contributed by atoms with Crippen LogP contribution in [0.15, 0.2) is 53.3 Å². The fraction of sp³-hybridized carbons (Fsp3) is 0.318. The first-order valence-corrected chi connectivity index (χ1v) is 9.56. The number of aryl methyl sites for hydroxylation is 1. The predicted molar refractivity (Wildman–Crippen MR) is 113 cm³/mol. The molecule has 6 heteroatoms. The highest BCUT2D eigenvalue weighted by atomic mass is 16.2. The van der Waals surface area contributed by atoms with Gasteiger partial charge in [-0.3, -0.25) is 9.36 Å². The van der Waals surface area contributed by atoms with Gasteiger partial charge < -0.3 is 10.2 Å². The van der Waals surface area contributed by atoms with Crippen molar-refractivity contribution in [1.29, 1.82) is 0 Å². The van der Waals surface area contributed by atoms with E-state index in [0.717, 1.165) is 11.3 Å². The van der Waals surface area contributed by atoms with Crippen molar-refractivity contribution in [3.05, 3.63) is 70.3 Å². The van der Waals surface area contributed by atoms with Crippen LogP contribution in [0.1, 0.15) is 37.7 Å². The number of nitrogens with one attached hydrogen (secondary N) is 1. The van der Waals surface area contributed by atoms with Crippen LogP contribution in [0.3, 0.4) is 0 Å². The van der Waals surface area contributed by atoms with Crippen LogP contribution in [0.25, 0.3) is 10.9 Å². The molecule has 0 saturated heterocycles. The number of benzene rings is 2. The van der Waals surface area contributed by atoms with E-state index in [1.165, 1.54) is 0 Å². The molecule has 0 radical (unpaired) electrons. The minimum Gasteiger partial charge on any atom is -0.317 e. The monoisotopic (exact) mass is 378 g/mol. The van der Waals surface area contributed by atoms with Gasteiger partial charge in [0.25, 0.3) is 5.56 Å². The number of urea groups is 1. The zero-order valence-electron chi connectivity index (χ0n) is 16.8. The fourth-order valence-electron chi connectivity index (χ4n) is 3.45. The maximum atomic E-state index is 12.9. The van der Waals surface area contributed by atoms with Gasteiger partial charge in [0.2, 0.25) is 0 Å². The van der Waals surface area contributed by atoms with E-state index in [-0.39, 0.29) is 17.6 Å². The average Bonchev–Trinajstić information content (AvgIpc) is 2.69. The van der Waals surface area contributed by atoms with E-state index in [4.69, 9.17) is 4.98 Å². The molecule has 3 rings (SSSR count). The van der Waals surface area contributed by atoms with Gasteiger partial charge in [-0.25, -0.2) is 9.78 Å². The Balaban J connectivity index is 1.98. The van der Waals surface area contributed by atoms with Crippen LogP contribution in [-0.4, -0.2) is 27.5 Å². The zero-order valence-corrected chi connectivity index (χ0v) is 16.8. The molecule has 2 aromatic carbocycles. The third-order valence-electron chi connectivity index (χ3n) is 4.95. The summed E-state index contributed by atoms with van der Waals surface area (Å²) in [4.78, 5) is 32.1. The average molecular weight is 378 g/mol. The van der Waals surface area contributed by atoms with Gasteiger partial charge in [-0.2, -0.15) is 0 Å². The molecule has 0 bridgehead atoms. The summed E-state index contributed by atoms with van der Waals surface area (Å²) >= 11 is 0. The Morgan fingerprint density at radius 2 is 1.93 bits per heavy atom. The quantitative estimate of drug-likeness (QED) is 0.718. The van der Waals surface area contributed by atoms with E-state index in [9.17, 15) is 9.59 Å². The van der Waals surface area contributed by atoms with E-state index >= 15 is 0 Å². The van der Waals surface area contributed by atoms with Gasteiger partial charge in [-0.05, 0) is 50.1 Å². The lowest BCUT2D eigenvalue weighted by Gasteiger charge is -2.29. The molecule has 146 valence electrons. The first kappa shape index (κ1) is 19.6. The number of aromatic nitrogens is 2. The molecule has 2 amide bonds. The first-order chi connectivity index (χ1) is 13.5. The van der Waals surface area contributed by atoms with Crippen LogP contribution in [0.4, 0.5) is 10.5 Å². The molecule has 0 aliphatic carbocycles. The van der Waals surface area contributed by atoms with Gasteiger partial charge in [-0.15, -0.1) is 0 Å². The predicted octanol–water partition coefficient (Wildman–Crippen LogP) is 4.34. The standard InChI is InChI=1S/C22H26N4O2/c1-5-19(25(4)22(28)23-16-11-9-10-15(3)14-16)20-24-18-13-8-7-12-17(18)21(27)26(20)6-2/h7-14,19H,5-6H2,1-4H3,(H,23,28). The van der Waals surface area contributed by atoms with Crippen molar-refractivity contribution >= 4 is 22.6 Å². The summed E-state index contributed by atoms with van der Waals surface area (Å²) in [7, 11) is 1.74. The summed E-state index contributed by atoms with van der Waals surface area (Å²) < 4.78 is 1.66. The Bertz CT molecular complexity index is 1060. The number of hydrogen-bond acceptors (Lipinski definition) is 3. The topological polar surface area (TPSA) is 67.2 Å². The van der Waals surface area contributed by atoms with Gasteiger partial charge in [-0.1, -0.05) is 31.2 Å². The third kappa shape index (κ3) is 3.76. The Morgan fingerprint density at radius 1 is 1.18 bits per heavy atom. The number of rotatable bonds is 5. The molecule has 1 heterocycles. The number of hydrogen-bond donors (Lipinski definition) is 1. The number of carbonyl (C=O) groups excluding carboxylic acids is 1. The van der Waals surface area contributed by atoms with Gasteiger partial charge in [0.05, 0.1) is 16.9 Å². The molecule has 0 spiro atoms. The van der Waals surface area contributed by atoms with Gasteiger partial charge in [0, 0.05) is 19.3 Å². The van der Waals surface area contributed by atoms with Crippen molar-refractivity contribution in [2.75, 3.05) is 12.4 Å². The summed E-state index contributed by atoms with van der Waals surface area (Å²) in [5.41, 5.74) is 2.39. The van der Waals surface area contributed by atoms with Gasteiger partial charge in [0.15, 0.2) is 0 Å². The van der Waals surface area contributed by atoms with Crippen LogP contribution < -0.4 is 10.9 Å². The minimum atomic E-state index is -0.318. The van der Waals surface area contributed by atoms with Crippen molar-refractivity contribution in [1.82, 2.24) is 14.5 Å². The van der Waals surface area contributed by atoms with Crippen LogP contribution >= 0.6 is 0 Å². The Hall–Kier alpha value is -3.15. The fourth-order valence-corrected chi connectivity index (χ4v) is 3.45. The molecule has 6 nitrogen and oxygen atoms in total. The van der Waals surface area contributed by atoms with Crippen LogP contribution in [-0.2, 0) is 6.54 Å². The zero-order chi connectivity index (χ0) is 20.3. The Morgan fingerprint density at radius 3 is 2.61 bits per heavy atom. The number of carbonyl (C=O) groups is 1. The van der Waals surface area contributed by atoms with E-state index in [2.05, 4.69) is 5.32 Å². The van der Waals surface area contributed by atoms with Crippen LogP contribution in [0.2, 0.25) is 0 Å². The SMILES string of the molecule is CCC(c1nc2ccccc2c(=O)n1CC)N(C)C(=O)Nc1cccc(C)c1. The molecule has 1 atom stereocenters. The molecule has 1 aromatic heterocycles. The van der Waals surface area contributed by atoms with E-state index in [0.29, 0.717) is 29.7 Å². The molecule has 0 aliphatic rings. The van der Waals surface area contributed by atoms with Crippen molar-refractivity contribution in [3.8, 4) is 0 Å². The molecular formula is C22H26N4O2. The van der Waals surface area contributed by atoms with Crippen LogP contribution in [0.5, 0.6) is 0 Å². The Labute approximate surface area is 164 Å². The van der Waals surface area contributed by atoms with E-state index in [1.807, 2.05) is 63.2 Å². The molecule has 28 heavy (non-hydrogen) atoms. The van der Waals surface area contributed by atoms with Crippen LogP contribution in [0, 0.1) is 6.92 Å². The van der Waals surface area contributed by atoms with Crippen molar-refractivity contribution in [2.45, 2.75) is 39.8 Å². The number of amides is 2. The molecular weight excluding hydrogens is 352 g/mol. The largest absolute Gasteiger partial charge is 0.322 e. The van der Waals surface area contributed by atoms with Gasteiger partial charge in [0.1, 0.15) is 5.82 Å². The second-order valence-electron chi connectivity index (χ2n) is 6.87. The number of fused-ring (bicyclic) bond motifs is 1. The summed E-state index contributed by atoms with van der Waals surface area (Å²) in [6.07, 6.45) is 0.641. The lowest BCUT2D eigenvalue weighted by atomic mass is 10.1. The normalized spacial score (nSPS) is 12.0. The second-order valence-corrected chi connectivity index (χ2v) is 6.87. The van der Waals surface area contributed by atoms with Crippen molar-refractivity contribution in [3.63, 3.8) is 0 Å². The number of anilines is 1. The summed E-state index contributed by atoms with van der Waals surface area (Å²) in [6, 6.07) is 14.4. The molecule has 0 aliphatic heterocycles.